The van der Waals surface area contributed by atoms with Crippen LogP contribution in [0.4, 0.5) is 0 Å². The number of aromatic nitrogens is 1. The molecule has 1 aliphatic heterocycles. The van der Waals surface area contributed by atoms with Gasteiger partial charge in [-0.1, -0.05) is 24.3 Å². The first-order chi connectivity index (χ1) is 12.7. The van der Waals surface area contributed by atoms with E-state index in [0.29, 0.717) is 18.1 Å². The molecule has 1 aromatic heterocycles. The molecule has 1 aliphatic carbocycles. The number of rotatable bonds is 7. The van der Waals surface area contributed by atoms with Crippen LogP contribution in [0.25, 0.3) is 0 Å². The van der Waals surface area contributed by atoms with Crippen molar-refractivity contribution in [2.45, 2.75) is 45.7 Å². The lowest BCUT2D eigenvalue weighted by molar-refractivity contribution is 0.0787. The van der Waals surface area contributed by atoms with Crippen LogP contribution in [0.3, 0.4) is 0 Å². The summed E-state index contributed by atoms with van der Waals surface area (Å²) >= 11 is 0. The van der Waals surface area contributed by atoms with Crippen LogP contribution in [-0.2, 0) is 13.1 Å². The van der Waals surface area contributed by atoms with Gasteiger partial charge in [0.25, 0.3) is 5.91 Å². The highest BCUT2D eigenvalue weighted by atomic mass is 16.3. The van der Waals surface area contributed by atoms with E-state index >= 15 is 0 Å². The van der Waals surface area contributed by atoms with Crippen molar-refractivity contribution in [3.05, 3.63) is 53.2 Å². The Hall–Kier alpha value is -2.14. The fourth-order valence-corrected chi connectivity index (χ4v) is 3.63. The van der Waals surface area contributed by atoms with Crippen molar-refractivity contribution < 1.29 is 9.21 Å². The standard InChI is InChI=1S/C21H27N3O2/c1-16-6-2-3-7-18(16)13-23(12-17-8-9-17)14-20-22-19(15-26-20)21(25)24-10-4-5-11-24/h2-3,6-7,15,17H,4-5,8-14H2,1H3. The first-order valence-electron chi connectivity index (χ1n) is 9.69. The molecule has 26 heavy (non-hydrogen) atoms. The summed E-state index contributed by atoms with van der Waals surface area (Å²) in [5.74, 6) is 1.44. The molecule has 4 rings (SSSR count). The predicted molar refractivity (Wildman–Crippen MR) is 99.7 cm³/mol. The normalized spacial score (nSPS) is 17.2. The fraction of sp³-hybridized carbons (Fsp3) is 0.524. The maximum atomic E-state index is 12.5. The van der Waals surface area contributed by atoms with Crippen molar-refractivity contribution >= 4 is 5.91 Å². The summed E-state index contributed by atoms with van der Waals surface area (Å²) in [5, 5.41) is 0. The SMILES string of the molecule is Cc1ccccc1CN(Cc1nc(C(=O)N2CCCC2)co1)CC1CC1. The van der Waals surface area contributed by atoms with Gasteiger partial charge in [-0.05, 0) is 49.7 Å². The van der Waals surface area contributed by atoms with Gasteiger partial charge in [0.05, 0.1) is 6.54 Å². The molecule has 138 valence electrons. The second-order valence-electron chi connectivity index (χ2n) is 7.67. The van der Waals surface area contributed by atoms with Gasteiger partial charge in [-0.25, -0.2) is 4.98 Å². The smallest absolute Gasteiger partial charge is 0.275 e. The number of likely N-dealkylation sites (tertiary alicyclic amines) is 1. The van der Waals surface area contributed by atoms with Crippen LogP contribution in [0.1, 0.15) is 53.2 Å². The van der Waals surface area contributed by atoms with Crippen molar-refractivity contribution in [3.63, 3.8) is 0 Å². The summed E-state index contributed by atoms with van der Waals surface area (Å²) in [6.45, 7) is 6.43. The minimum atomic E-state index is 0.00477. The Morgan fingerprint density at radius 2 is 2.00 bits per heavy atom. The molecule has 2 aromatic rings. The number of oxazole rings is 1. The van der Waals surface area contributed by atoms with E-state index in [2.05, 4.69) is 41.1 Å². The van der Waals surface area contributed by atoms with Crippen molar-refractivity contribution in [1.82, 2.24) is 14.8 Å². The largest absolute Gasteiger partial charge is 0.447 e. The zero-order chi connectivity index (χ0) is 17.9. The molecule has 0 radical (unpaired) electrons. The van der Waals surface area contributed by atoms with E-state index in [1.807, 2.05) is 4.90 Å². The molecule has 0 unspecified atom stereocenters. The molecule has 2 aliphatic rings. The third-order valence-corrected chi connectivity index (χ3v) is 5.39. The van der Waals surface area contributed by atoms with Gasteiger partial charge in [-0.15, -0.1) is 0 Å². The number of hydrogen-bond acceptors (Lipinski definition) is 4. The maximum Gasteiger partial charge on any atom is 0.275 e. The Bertz CT molecular complexity index is 760. The van der Waals surface area contributed by atoms with Gasteiger partial charge in [0.15, 0.2) is 5.69 Å². The summed E-state index contributed by atoms with van der Waals surface area (Å²) in [6, 6.07) is 8.51. The van der Waals surface area contributed by atoms with E-state index in [1.165, 1.54) is 30.2 Å². The summed E-state index contributed by atoms with van der Waals surface area (Å²) in [7, 11) is 0. The molecule has 1 aromatic carbocycles. The molecular formula is C21H27N3O2. The lowest BCUT2D eigenvalue weighted by Gasteiger charge is -2.21. The van der Waals surface area contributed by atoms with Crippen molar-refractivity contribution in [1.29, 1.82) is 0 Å². The number of aryl methyl sites for hydroxylation is 1. The van der Waals surface area contributed by atoms with Gasteiger partial charge < -0.3 is 9.32 Å². The number of carbonyl (C=O) groups excluding carboxylic acids is 1. The van der Waals surface area contributed by atoms with Crippen LogP contribution >= 0.6 is 0 Å². The summed E-state index contributed by atoms with van der Waals surface area (Å²) < 4.78 is 5.65. The molecule has 1 saturated carbocycles. The number of amides is 1. The minimum absolute atomic E-state index is 0.00477. The Kier molecular flexibility index (Phi) is 5.07. The maximum absolute atomic E-state index is 12.5. The zero-order valence-corrected chi connectivity index (χ0v) is 15.5. The minimum Gasteiger partial charge on any atom is -0.447 e. The molecule has 1 amide bonds. The highest BCUT2D eigenvalue weighted by molar-refractivity contribution is 5.92. The van der Waals surface area contributed by atoms with Crippen LogP contribution in [0.15, 0.2) is 34.9 Å². The third kappa shape index (κ3) is 4.15. The first-order valence-corrected chi connectivity index (χ1v) is 9.69. The zero-order valence-electron chi connectivity index (χ0n) is 15.5. The van der Waals surface area contributed by atoms with Crippen molar-refractivity contribution in [2.75, 3.05) is 19.6 Å². The molecule has 0 N–H and O–H groups in total. The molecule has 0 spiro atoms. The van der Waals surface area contributed by atoms with Gasteiger partial charge in [0.1, 0.15) is 6.26 Å². The molecular weight excluding hydrogens is 326 g/mol. The van der Waals surface area contributed by atoms with E-state index < -0.39 is 0 Å². The Morgan fingerprint density at radius 1 is 1.23 bits per heavy atom. The summed E-state index contributed by atoms with van der Waals surface area (Å²) in [5.41, 5.74) is 3.10. The fourth-order valence-electron chi connectivity index (χ4n) is 3.63. The van der Waals surface area contributed by atoms with Crippen molar-refractivity contribution in [3.8, 4) is 0 Å². The molecule has 2 fully saturated rings. The number of carbonyl (C=O) groups is 1. The average Bonchev–Trinajstić information content (AvgIpc) is 3.12. The van der Waals surface area contributed by atoms with E-state index in [4.69, 9.17) is 4.42 Å². The Balaban J connectivity index is 1.43. The second-order valence-corrected chi connectivity index (χ2v) is 7.67. The van der Waals surface area contributed by atoms with Crippen LogP contribution in [0.5, 0.6) is 0 Å². The summed E-state index contributed by atoms with van der Waals surface area (Å²) in [4.78, 5) is 21.2. The quantitative estimate of drug-likeness (QED) is 0.763. The highest BCUT2D eigenvalue weighted by Gasteiger charge is 2.26. The molecule has 5 heteroatoms. The van der Waals surface area contributed by atoms with Crippen LogP contribution < -0.4 is 0 Å². The van der Waals surface area contributed by atoms with E-state index in [0.717, 1.165) is 44.9 Å². The monoisotopic (exact) mass is 353 g/mol. The molecule has 5 nitrogen and oxygen atoms in total. The number of benzene rings is 1. The van der Waals surface area contributed by atoms with E-state index in [-0.39, 0.29) is 5.91 Å². The van der Waals surface area contributed by atoms with Gasteiger partial charge in [-0.2, -0.15) is 0 Å². The first kappa shape index (κ1) is 17.3. The number of nitrogens with zero attached hydrogens (tertiary/aromatic N) is 3. The van der Waals surface area contributed by atoms with Crippen LogP contribution in [-0.4, -0.2) is 40.3 Å². The van der Waals surface area contributed by atoms with Gasteiger partial charge in [0.2, 0.25) is 5.89 Å². The number of hydrogen-bond donors (Lipinski definition) is 0. The third-order valence-electron chi connectivity index (χ3n) is 5.39. The van der Waals surface area contributed by atoms with Gasteiger partial charge in [0, 0.05) is 26.2 Å². The lowest BCUT2D eigenvalue weighted by Crippen LogP contribution is -2.28. The van der Waals surface area contributed by atoms with Crippen LogP contribution in [0, 0.1) is 12.8 Å². The van der Waals surface area contributed by atoms with Gasteiger partial charge in [-0.3, -0.25) is 9.69 Å². The second kappa shape index (κ2) is 7.62. The molecule has 2 heterocycles. The Morgan fingerprint density at radius 3 is 2.73 bits per heavy atom. The molecule has 0 bridgehead atoms. The predicted octanol–water partition coefficient (Wildman–Crippen LogP) is 3.63. The summed E-state index contributed by atoms with van der Waals surface area (Å²) in [6.07, 6.45) is 6.33. The average molecular weight is 353 g/mol. The Labute approximate surface area is 155 Å². The topological polar surface area (TPSA) is 49.6 Å². The van der Waals surface area contributed by atoms with Crippen LogP contribution in [0.2, 0.25) is 0 Å². The van der Waals surface area contributed by atoms with E-state index in [9.17, 15) is 4.79 Å². The van der Waals surface area contributed by atoms with Gasteiger partial charge >= 0.3 is 0 Å². The highest BCUT2D eigenvalue weighted by Crippen LogP contribution is 2.31. The lowest BCUT2D eigenvalue weighted by atomic mass is 10.1. The van der Waals surface area contributed by atoms with Crippen molar-refractivity contribution in [2.24, 2.45) is 5.92 Å². The molecule has 1 saturated heterocycles. The van der Waals surface area contributed by atoms with E-state index in [1.54, 1.807) is 0 Å². The molecule has 0 atom stereocenters.